The van der Waals surface area contributed by atoms with Crippen LogP contribution in [0.25, 0.3) is 11.6 Å². The first kappa shape index (κ1) is 23.4. The molecule has 1 unspecified atom stereocenters. The first-order valence-corrected chi connectivity index (χ1v) is 10.8. The van der Waals surface area contributed by atoms with Crippen molar-refractivity contribution < 1.29 is 24.2 Å². The van der Waals surface area contributed by atoms with Crippen molar-refractivity contribution >= 4 is 62.8 Å². The van der Waals surface area contributed by atoms with E-state index in [9.17, 15) is 0 Å². The van der Waals surface area contributed by atoms with Gasteiger partial charge in [0.1, 0.15) is 0 Å². The number of aryl methyl sites for hydroxylation is 1. The fraction of sp³-hybridized carbons (Fsp3) is 0.350. The van der Waals surface area contributed by atoms with Crippen LogP contribution >= 0.6 is 47.9 Å². The van der Waals surface area contributed by atoms with Gasteiger partial charge in [0.25, 0.3) is 0 Å². The van der Waals surface area contributed by atoms with Gasteiger partial charge in [-0.05, 0) is 53.4 Å². The minimum atomic E-state index is 0. The molecule has 134 valence electrons. The second-order valence-electron chi connectivity index (χ2n) is 6.41. The first-order valence-electron chi connectivity index (χ1n) is 7.88. The number of allylic oxidation sites excluding steroid dienone is 6. The van der Waals surface area contributed by atoms with Gasteiger partial charge in [-0.25, -0.2) is 6.08 Å². The Labute approximate surface area is 186 Å². The van der Waals surface area contributed by atoms with Crippen LogP contribution in [0.4, 0.5) is 0 Å². The average molecular weight is 490 g/mol. The van der Waals surface area contributed by atoms with E-state index in [0.717, 1.165) is 6.42 Å². The van der Waals surface area contributed by atoms with E-state index < -0.39 is 0 Å². The number of thioether (sulfide) groups is 1. The van der Waals surface area contributed by atoms with E-state index in [4.69, 9.17) is 0 Å². The molecule has 1 aromatic rings. The number of thiophene rings is 1. The van der Waals surface area contributed by atoms with E-state index in [1.54, 1.807) is 24.2 Å². The third-order valence-corrected chi connectivity index (χ3v) is 6.08. The van der Waals surface area contributed by atoms with Crippen LogP contribution in [0, 0.1) is 6.92 Å². The molecule has 0 bridgehead atoms. The van der Waals surface area contributed by atoms with Crippen molar-refractivity contribution in [3.05, 3.63) is 54.5 Å². The number of hydrogen-bond acceptors (Lipinski definition) is 2. The van der Waals surface area contributed by atoms with Gasteiger partial charge < -0.3 is 0 Å². The molecular formula is C20H23Cl2S2Zr-. The molecule has 0 saturated heterocycles. The second kappa shape index (κ2) is 9.51. The van der Waals surface area contributed by atoms with Crippen LogP contribution in [0.15, 0.2) is 39.8 Å². The Morgan fingerprint density at radius 2 is 1.84 bits per heavy atom. The maximum Gasteiger partial charge on any atom is -0.147 e. The maximum absolute atomic E-state index is 3.67. The Bertz CT molecular complexity index is 897. The van der Waals surface area contributed by atoms with Gasteiger partial charge in [0, 0.05) is 0 Å². The largest absolute Gasteiger partial charge is 0.147 e. The van der Waals surface area contributed by atoms with Gasteiger partial charge in [-0.15, -0.1) is 52.7 Å². The monoisotopic (exact) mass is 487 g/mol. The SMILES string of the molecule is CC1=CCC(C2=C(C)SC3[C-]=c4sc(C)cc4=C23)=C1.C[C](C)=[Zr].Cl.Cl. The van der Waals surface area contributed by atoms with Crippen molar-refractivity contribution in [2.45, 2.75) is 46.3 Å². The Balaban J connectivity index is 0.000000476. The summed E-state index contributed by atoms with van der Waals surface area (Å²) < 4.78 is 2.87. The molecular weight excluding hydrogens is 466 g/mol. The van der Waals surface area contributed by atoms with E-state index in [1.807, 2.05) is 23.1 Å². The Kier molecular flexibility index (Phi) is 8.90. The molecule has 2 aliphatic carbocycles. The molecule has 0 N–H and O–H groups in total. The first-order chi connectivity index (χ1) is 10.9. The normalized spacial score (nSPS) is 19.5. The van der Waals surface area contributed by atoms with Gasteiger partial charge in [0.2, 0.25) is 0 Å². The van der Waals surface area contributed by atoms with Crippen molar-refractivity contribution in [3.8, 4) is 0 Å². The minimum Gasteiger partial charge on any atom is -0.147 e. The summed E-state index contributed by atoms with van der Waals surface area (Å²) in [6.07, 6.45) is 9.44. The predicted molar refractivity (Wildman–Crippen MR) is 117 cm³/mol. The van der Waals surface area contributed by atoms with E-state index in [1.165, 1.54) is 45.0 Å². The van der Waals surface area contributed by atoms with Gasteiger partial charge in [0.05, 0.1) is 0 Å². The predicted octanol–water partition coefficient (Wildman–Crippen LogP) is 5.13. The Hall–Kier alpha value is 0.343. The molecule has 1 aromatic heterocycles. The fourth-order valence-corrected chi connectivity index (χ4v) is 5.45. The molecule has 25 heavy (non-hydrogen) atoms. The number of rotatable bonds is 1. The van der Waals surface area contributed by atoms with Crippen LogP contribution in [-0.2, 0) is 24.2 Å². The molecule has 0 saturated carbocycles. The summed E-state index contributed by atoms with van der Waals surface area (Å²) in [6, 6.07) is 2.34. The zero-order valence-electron chi connectivity index (χ0n) is 15.1. The van der Waals surface area contributed by atoms with Crippen molar-refractivity contribution in [1.29, 1.82) is 0 Å². The van der Waals surface area contributed by atoms with E-state index in [2.05, 4.69) is 58.9 Å². The molecule has 5 heteroatoms. The Morgan fingerprint density at radius 3 is 2.40 bits per heavy atom. The number of hydrogen-bond donors (Lipinski definition) is 0. The van der Waals surface area contributed by atoms with Gasteiger partial charge in [-0.1, -0.05) is 17.7 Å². The zero-order chi connectivity index (χ0) is 16.7. The summed E-state index contributed by atoms with van der Waals surface area (Å²) in [4.78, 5) is 2.86. The average Bonchev–Trinajstić information content (AvgIpc) is 3.11. The second-order valence-corrected chi connectivity index (χ2v) is 11.4. The standard InChI is InChI=1S/C17H15S2.C3H6.2ClH.Zr/c1-9-4-5-12(6-9)16-11(3)19-15-8-14-13(17(15)16)7-10(2)18-14;1-3-2;;;/h4,6-7,15H,5H2,1-3H3;1-2H3;2*1H;/q-1;;;;. The quantitative estimate of drug-likeness (QED) is 0.493. The number of fused-ring (bicyclic) bond motifs is 2. The molecule has 1 atom stereocenters. The smallest absolute Gasteiger partial charge is 0.147 e. The topological polar surface area (TPSA) is 0 Å². The van der Waals surface area contributed by atoms with E-state index in [-0.39, 0.29) is 24.8 Å². The molecule has 0 spiro atoms. The van der Waals surface area contributed by atoms with Gasteiger partial charge in [0.15, 0.2) is 0 Å². The molecule has 0 fully saturated rings. The number of halogens is 2. The van der Waals surface area contributed by atoms with Crippen LogP contribution in [0.3, 0.4) is 0 Å². The molecule has 0 radical (unpaired) electrons. The summed E-state index contributed by atoms with van der Waals surface area (Å²) in [7, 11) is 0. The molecule has 3 aliphatic rings. The van der Waals surface area contributed by atoms with Crippen molar-refractivity contribution in [2.75, 3.05) is 0 Å². The maximum atomic E-state index is 3.67. The van der Waals surface area contributed by atoms with Gasteiger partial charge in [-0.3, -0.25) is 0 Å². The summed E-state index contributed by atoms with van der Waals surface area (Å²) >= 11 is 5.41. The van der Waals surface area contributed by atoms with Crippen molar-refractivity contribution in [1.82, 2.24) is 0 Å². The molecule has 1 aliphatic heterocycles. The zero-order valence-corrected chi connectivity index (χ0v) is 20.9. The third kappa shape index (κ3) is 4.99. The molecule has 2 heterocycles. The summed E-state index contributed by atoms with van der Waals surface area (Å²) in [5.41, 5.74) is 5.93. The molecule has 0 aromatic carbocycles. The van der Waals surface area contributed by atoms with E-state index in [0.29, 0.717) is 5.25 Å². The van der Waals surface area contributed by atoms with Crippen LogP contribution in [-0.4, -0.2) is 8.46 Å². The van der Waals surface area contributed by atoms with Crippen molar-refractivity contribution in [2.24, 2.45) is 0 Å². The third-order valence-electron chi connectivity index (χ3n) is 3.95. The van der Waals surface area contributed by atoms with Crippen molar-refractivity contribution in [3.63, 3.8) is 0 Å². The van der Waals surface area contributed by atoms with Crippen LogP contribution in [0.1, 0.15) is 39.0 Å². The molecule has 0 nitrogen and oxygen atoms in total. The van der Waals surface area contributed by atoms with Gasteiger partial charge in [-0.2, -0.15) is 16.6 Å². The van der Waals surface area contributed by atoms with E-state index >= 15 is 0 Å². The van der Waals surface area contributed by atoms with Gasteiger partial charge >= 0.3 is 41.3 Å². The Morgan fingerprint density at radius 1 is 1.20 bits per heavy atom. The van der Waals surface area contributed by atoms with Crippen LogP contribution in [0.5, 0.6) is 0 Å². The molecule has 4 rings (SSSR count). The minimum absolute atomic E-state index is 0. The summed E-state index contributed by atoms with van der Waals surface area (Å²) in [6.45, 7) is 10.9. The molecule has 0 amide bonds. The summed E-state index contributed by atoms with van der Waals surface area (Å²) in [5.74, 6) is 0. The van der Waals surface area contributed by atoms with Crippen LogP contribution in [0.2, 0.25) is 0 Å². The summed E-state index contributed by atoms with van der Waals surface area (Å²) in [5, 5.41) is 1.89. The fourth-order valence-electron chi connectivity index (χ4n) is 3.17. The van der Waals surface area contributed by atoms with Crippen LogP contribution < -0.4 is 9.75 Å².